The molecule has 15 fully saturated rings. The fourth-order valence-corrected chi connectivity index (χ4v) is 45.8. The van der Waals surface area contributed by atoms with E-state index in [0.29, 0.717) is 86.3 Å². The Morgan fingerprint density at radius 3 is 0.711 bits per heavy atom. The maximum absolute atomic E-state index is 2.53. The van der Waals surface area contributed by atoms with Crippen LogP contribution >= 0.6 is 0 Å². The molecule has 2 atom stereocenters. The molecular weight excluding hydrogens is 1820 g/mol. The predicted molar refractivity (Wildman–Crippen MR) is 627 cm³/mol. The van der Waals surface area contributed by atoms with Crippen LogP contribution in [0.2, 0.25) is 0 Å². The molecule has 0 amide bonds. The second-order valence-electron chi connectivity index (χ2n) is 44.0. The smallest absolute Gasteiger partial charge is 0.0619 e. The lowest BCUT2D eigenvalue weighted by molar-refractivity contribution is 0.0369. The lowest BCUT2D eigenvalue weighted by atomic mass is 9.56. The van der Waals surface area contributed by atoms with Crippen LogP contribution in [-0.4, -0.2) is 127 Å². The van der Waals surface area contributed by atoms with Crippen molar-refractivity contribution < 1.29 is 0 Å². The Hall–Kier alpha value is -2.74. The van der Waals surface area contributed by atoms with Crippen molar-refractivity contribution in [1.82, 2.24) is 0 Å². The molecule has 0 radical (unpaired) electrons. The highest BCUT2D eigenvalue weighted by atomic mass is 32.2. The molecule has 0 N–H and O–H groups in total. The molecule has 0 heterocycles. The summed E-state index contributed by atoms with van der Waals surface area (Å²) in [5.41, 5.74) is 0. The second kappa shape index (κ2) is 60.3. The number of benzene rings is 8. The molecule has 8 bridgehead atoms. The first-order chi connectivity index (χ1) is 65.7. The Kier molecular flexibility index (Phi) is 49.6. The van der Waals surface area contributed by atoms with Crippen molar-refractivity contribution in [2.45, 2.75) is 406 Å². The van der Waals surface area contributed by atoms with E-state index in [2.05, 4.69) is 332 Å². The lowest BCUT2D eigenvalue weighted by Crippen LogP contribution is -2.54. The van der Waals surface area contributed by atoms with E-state index in [1.54, 1.807) is 150 Å². The Labute approximate surface area is 860 Å². The van der Waals surface area contributed by atoms with Crippen molar-refractivity contribution >= 4 is 109 Å². The molecule has 135 heavy (non-hydrogen) atoms. The van der Waals surface area contributed by atoms with Crippen LogP contribution in [0.3, 0.4) is 0 Å². The lowest BCUT2D eigenvalue weighted by Gasteiger charge is -2.54. The summed E-state index contributed by atoms with van der Waals surface area (Å²) in [7, 11) is 5.14. The monoisotopic (exact) mass is 2010 g/mol. The molecule has 0 spiro atoms. The molecule has 0 aliphatic heterocycles. The fourth-order valence-electron chi connectivity index (χ4n) is 26.2. The van der Waals surface area contributed by atoms with Crippen molar-refractivity contribution in [2.75, 3.05) is 75.1 Å². The first kappa shape index (κ1) is 111. The average Bonchev–Trinajstić information content (AvgIpc) is 0.738. The largest absolute Gasteiger partial charge is 0.160 e. The van der Waals surface area contributed by atoms with E-state index in [-0.39, 0.29) is 21.8 Å². The summed E-state index contributed by atoms with van der Waals surface area (Å²) in [6.07, 6.45) is 100.0. The van der Waals surface area contributed by atoms with Crippen LogP contribution in [0.15, 0.2) is 282 Å². The van der Waals surface area contributed by atoms with E-state index in [9.17, 15) is 0 Å². The third-order valence-corrected chi connectivity index (χ3v) is 54.4. The van der Waals surface area contributed by atoms with Crippen molar-refractivity contribution in [2.24, 2.45) is 35.5 Å². The van der Waals surface area contributed by atoms with Gasteiger partial charge in [0.05, 0.1) is 65.6 Å². The van der Waals surface area contributed by atoms with Crippen molar-refractivity contribution in [3.63, 3.8) is 0 Å². The highest BCUT2D eigenvalue weighted by Crippen LogP contribution is 2.61. The maximum Gasteiger partial charge on any atom is 0.160 e. The number of rotatable bonds is 18. The van der Waals surface area contributed by atoms with Crippen LogP contribution in [0.5, 0.6) is 0 Å². The molecule has 15 aliphatic carbocycles. The zero-order valence-electron chi connectivity index (χ0n) is 87.5. The summed E-state index contributed by atoms with van der Waals surface area (Å²) in [4.78, 5) is 11.9. The van der Waals surface area contributed by atoms with Gasteiger partial charge in [0.2, 0.25) is 0 Å². The fraction of sp³-hybridized carbons (Fsp3) is 0.616. The van der Waals surface area contributed by atoms with Crippen molar-refractivity contribution in [3.05, 3.63) is 243 Å². The van der Waals surface area contributed by atoms with E-state index in [4.69, 9.17) is 0 Å². The van der Waals surface area contributed by atoms with Crippen LogP contribution in [0.25, 0.3) is 0 Å². The van der Waals surface area contributed by atoms with E-state index >= 15 is 0 Å². The molecule has 15 aliphatic rings. The standard InChI is InChI=1S/C18H33S.C18H27S.C17H23S.C15H17S.C13H19S.C13H13S.C12H21S.C8H17S.C8H11S.C3H9S/c2*1-4-10-16(11-5-1)19(17-12-6-2-7-13-17)18-14-8-3-9-15-18;1-18(16-5-3-2-4-6-16)17-10-13-7-14(11-17)9-15(8-13)12-17;1-13(2)16(14-9-5-3-6-10-14)15-11-7-4-8-12-15;2*1-14(12-8-4-2-5-9-12)13-10-6-3-7-11-13;1-13(2)12-6-9-3-10(7-12)5-11(4-9)8-12;2*1-9(2)8-6-4-3-5-7-8;1-4(2)3/h16-18H,1-15H2;1,4-5,10-11,17-18H,2-3,6-9,12-15H2;2-6,13-15H,7-12H2,1H3;3-13H,1-2H3;2,4-5,8-9,13H,3,6-7,10-11H2,1H3;2-11H,1H3;9-11H,3-8H2,1-2H3;8H,3-7H2,1-2H3;3-7H,1-2H3;1-3H3/q10*+1. The highest BCUT2D eigenvalue weighted by Gasteiger charge is 2.60. The minimum atomic E-state index is 0.197. The Balaban J connectivity index is 0.000000137. The van der Waals surface area contributed by atoms with Gasteiger partial charge in [-0.1, -0.05) is 191 Å². The molecule has 740 valence electrons. The van der Waals surface area contributed by atoms with Crippen molar-refractivity contribution in [1.29, 1.82) is 0 Å². The summed E-state index contributed by atoms with van der Waals surface area (Å²) in [6.45, 7) is 4.59. The zero-order valence-corrected chi connectivity index (χ0v) is 95.7. The molecule has 0 saturated heterocycles. The quantitative estimate of drug-likeness (QED) is 0.0751. The number of hydrogen-bond acceptors (Lipinski definition) is 0. The Morgan fingerprint density at radius 1 is 0.230 bits per heavy atom. The van der Waals surface area contributed by atoms with Crippen LogP contribution in [0, 0.1) is 35.5 Å². The van der Waals surface area contributed by atoms with E-state index in [1.807, 2.05) is 0 Å². The van der Waals surface area contributed by atoms with E-state index < -0.39 is 0 Å². The topological polar surface area (TPSA) is 0 Å². The van der Waals surface area contributed by atoms with Crippen LogP contribution < -0.4 is 0 Å². The van der Waals surface area contributed by atoms with Gasteiger partial charge >= 0.3 is 0 Å². The zero-order chi connectivity index (χ0) is 95.0. The minimum Gasteiger partial charge on any atom is -0.0619 e. The molecule has 0 aromatic heterocycles. The third kappa shape index (κ3) is 35.9. The van der Waals surface area contributed by atoms with Gasteiger partial charge in [-0.05, 0) is 408 Å². The SMILES string of the molecule is C1CCC([S+](C2CCCCC2)C2CCCCC2)CC1.CC(C)[S+](c1ccccc1)c1ccccc1.C[S+](C)C.C[S+](C)C12CC3CC(CC(C3)C1)C2.C[S+](C)C1CCCCC1.C[S+](C)c1ccccc1.C[S+](c1ccccc1)C12CC3CC(CC(C3)C1)C2.C[S+](c1ccccc1)C1CCCCC1.C[S+](c1ccccc1)c1ccccc1.c1ccc([S+](C2CCCCC2)C2CCCCC2)cc1. The average molecular weight is 2010 g/mol. The third-order valence-electron chi connectivity index (χ3n) is 32.5. The van der Waals surface area contributed by atoms with E-state index in [1.165, 1.54) is 191 Å². The second-order valence-corrected chi connectivity index (χ2v) is 68.0. The predicted octanol–water partition coefficient (Wildman–Crippen LogP) is 33.8. The highest BCUT2D eigenvalue weighted by molar-refractivity contribution is 7.99. The van der Waals surface area contributed by atoms with Crippen molar-refractivity contribution in [3.8, 4) is 0 Å². The van der Waals surface area contributed by atoms with Crippen LogP contribution in [0.1, 0.15) is 316 Å². The van der Waals surface area contributed by atoms with Gasteiger partial charge < -0.3 is 0 Å². The number of hydrogen-bond donors (Lipinski definition) is 0. The van der Waals surface area contributed by atoms with Gasteiger partial charge in [-0.25, -0.2) is 0 Å². The first-order valence-corrected chi connectivity index (χ1v) is 72.1. The molecule has 8 aromatic carbocycles. The maximum atomic E-state index is 2.53. The minimum absolute atomic E-state index is 0.197. The van der Waals surface area contributed by atoms with Gasteiger partial charge in [-0.3, -0.25) is 0 Å². The molecule has 2 unspecified atom stereocenters. The van der Waals surface area contributed by atoms with Gasteiger partial charge in [-0.15, -0.1) is 0 Å². The van der Waals surface area contributed by atoms with Gasteiger partial charge in [0.1, 0.15) is 82.8 Å². The molecule has 8 aromatic rings. The molecular formula is C125H190S10+10. The summed E-state index contributed by atoms with van der Waals surface area (Å²) in [5.74, 6) is 6.66. The summed E-state index contributed by atoms with van der Waals surface area (Å²) < 4.78 is 1.52. The summed E-state index contributed by atoms with van der Waals surface area (Å²) in [5, 5.41) is 8.15. The Morgan fingerprint density at radius 2 is 0.459 bits per heavy atom. The van der Waals surface area contributed by atoms with E-state index in [0.717, 1.165) is 87.9 Å². The molecule has 15 saturated carbocycles. The van der Waals surface area contributed by atoms with Gasteiger partial charge in [0.15, 0.2) is 39.2 Å². The molecule has 10 heteroatoms. The van der Waals surface area contributed by atoms with Crippen LogP contribution in [0.4, 0.5) is 0 Å². The summed E-state index contributed by atoms with van der Waals surface area (Å²) >= 11 is 0. The first-order valence-electron chi connectivity index (χ1n) is 54.5. The summed E-state index contributed by atoms with van der Waals surface area (Å²) in [6, 6.07) is 87.3. The van der Waals surface area contributed by atoms with Gasteiger partial charge in [0, 0.05) is 82.1 Å². The van der Waals surface area contributed by atoms with Gasteiger partial charge in [-0.2, -0.15) is 0 Å². The molecule has 23 rings (SSSR count). The normalized spacial score (nSPS) is 25.1. The van der Waals surface area contributed by atoms with Crippen LogP contribution in [-0.2, 0) is 109 Å². The Bertz CT molecular complexity index is 4120. The molecule has 0 nitrogen and oxygen atoms in total. The van der Waals surface area contributed by atoms with Gasteiger partial charge in [0.25, 0.3) is 0 Å².